The molecule has 0 saturated heterocycles. The molecule has 0 saturated carbocycles. The minimum absolute atomic E-state index is 0.360. The Bertz CT molecular complexity index is 280. The molecule has 2 nitrogen and oxygen atoms in total. The fourth-order valence-corrected chi connectivity index (χ4v) is 1.11. The SMILES string of the molecule is C=C(NC(C)C)OCc1ccccc1. The van der Waals surface area contributed by atoms with Crippen LogP contribution in [0.15, 0.2) is 42.8 Å². The van der Waals surface area contributed by atoms with E-state index < -0.39 is 0 Å². The Morgan fingerprint density at radius 2 is 2.00 bits per heavy atom. The van der Waals surface area contributed by atoms with Crippen molar-refractivity contribution in [2.24, 2.45) is 0 Å². The van der Waals surface area contributed by atoms with Crippen molar-refractivity contribution >= 4 is 0 Å². The smallest absolute Gasteiger partial charge is 0.179 e. The fraction of sp³-hybridized carbons (Fsp3) is 0.333. The molecule has 0 heterocycles. The monoisotopic (exact) mass is 191 g/mol. The Kier molecular flexibility index (Phi) is 4.05. The first-order valence-electron chi connectivity index (χ1n) is 4.80. The predicted octanol–water partition coefficient (Wildman–Crippen LogP) is 2.67. The first kappa shape index (κ1) is 10.6. The molecule has 0 aliphatic heterocycles. The Morgan fingerprint density at radius 3 is 2.57 bits per heavy atom. The Labute approximate surface area is 85.6 Å². The maximum absolute atomic E-state index is 5.43. The lowest BCUT2D eigenvalue weighted by Crippen LogP contribution is -2.22. The molecule has 14 heavy (non-hydrogen) atoms. The van der Waals surface area contributed by atoms with Gasteiger partial charge in [-0.3, -0.25) is 0 Å². The number of benzene rings is 1. The number of rotatable bonds is 5. The van der Waals surface area contributed by atoms with Crippen LogP contribution >= 0.6 is 0 Å². The van der Waals surface area contributed by atoms with Crippen molar-refractivity contribution in [3.05, 3.63) is 48.4 Å². The summed E-state index contributed by atoms with van der Waals surface area (Å²) in [6, 6.07) is 10.4. The van der Waals surface area contributed by atoms with Crippen molar-refractivity contribution < 1.29 is 4.74 Å². The molecule has 0 bridgehead atoms. The van der Waals surface area contributed by atoms with Crippen LogP contribution in [-0.4, -0.2) is 6.04 Å². The Morgan fingerprint density at radius 1 is 1.36 bits per heavy atom. The molecule has 0 radical (unpaired) electrons. The van der Waals surface area contributed by atoms with Gasteiger partial charge in [0.15, 0.2) is 5.88 Å². The Hall–Kier alpha value is -1.44. The molecule has 0 spiro atoms. The van der Waals surface area contributed by atoms with E-state index in [0.29, 0.717) is 18.5 Å². The molecular weight excluding hydrogens is 174 g/mol. The molecule has 0 fully saturated rings. The fourth-order valence-electron chi connectivity index (χ4n) is 1.11. The predicted molar refractivity (Wildman–Crippen MR) is 58.6 cm³/mol. The number of hydrogen-bond acceptors (Lipinski definition) is 2. The summed E-state index contributed by atoms with van der Waals surface area (Å²) in [7, 11) is 0. The van der Waals surface area contributed by atoms with E-state index in [2.05, 4.69) is 25.7 Å². The van der Waals surface area contributed by atoms with Crippen LogP contribution < -0.4 is 5.32 Å². The van der Waals surface area contributed by atoms with Crippen molar-refractivity contribution in [1.82, 2.24) is 5.32 Å². The lowest BCUT2D eigenvalue weighted by molar-refractivity contribution is 0.174. The van der Waals surface area contributed by atoms with Gasteiger partial charge in [0.2, 0.25) is 0 Å². The quantitative estimate of drug-likeness (QED) is 0.722. The average Bonchev–Trinajstić information content (AvgIpc) is 2.15. The topological polar surface area (TPSA) is 21.3 Å². The van der Waals surface area contributed by atoms with Crippen LogP contribution in [0.3, 0.4) is 0 Å². The minimum atomic E-state index is 0.360. The molecule has 0 aromatic heterocycles. The number of ether oxygens (including phenoxy) is 1. The average molecular weight is 191 g/mol. The maximum Gasteiger partial charge on any atom is 0.179 e. The van der Waals surface area contributed by atoms with E-state index in [-0.39, 0.29) is 0 Å². The lowest BCUT2D eigenvalue weighted by Gasteiger charge is -2.13. The van der Waals surface area contributed by atoms with Crippen LogP contribution in [0.1, 0.15) is 19.4 Å². The molecule has 1 aromatic rings. The van der Waals surface area contributed by atoms with Crippen molar-refractivity contribution in [3.8, 4) is 0 Å². The van der Waals surface area contributed by atoms with Gasteiger partial charge in [0, 0.05) is 6.04 Å². The van der Waals surface area contributed by atoms with Crippen LogP contribution in [0.5, 0.6) is 0 Å². The second kappa shape index (κ2) is 5.32. The zero-order chi connectivity index (χ0) is 10.4. The Balaban J connectivity index is 2.31. The van der Waals surface area contributed by atoms with Gasteiger partial charge in [0.25, 0.3) is 0 Å². The highest BCUT2D eigenvalue weighted by molar-refractivity contribution is 5.13. The van der Waals surface area contributed by atoms with Gasteiger partial charge in [-0.25, -0.2) is 0 Å². The van der Waals surface area contributed by atoms with Gasteiger partial charge in [0.05, 0.1) is 0 Å². The van der Waals surface area contributed by atoms with Crippen LogP contribution in [0.4, 0.5) is 0 Å². The van der Waals surface area contributed by atoms with E-state index in [1.807, 2.05) is 30.3 Å². The van der Waals surface area contributed by atoms with E-state index in [9.17, 15) is 0 Å². The van der Waals surface area contributed by atoms with E-state index in [0.717, 1.165) is 5.56 Å². The summed E-state index contributed by atoms with van der Waals surface area (Å²) in [5, 5.41) is 3.10. The molecule has 76 valence electrons. The van der Waals surface area contributed by atoms with Crippen LogP contribution in [0.2, 0.25) is 0 Å². The standard InChI is InChI=1S/C12H17NO/c1-10(2)13-11(3)14-9-12-7-5-4-6-8-12/h4-8,10,13H,3,9H2,1-2H3. The summed E-state index contributed by atoms with van der Waals surface area (Å²) in [5.41, 5.74) is 1.15. The van der Waals surface area contributed by atoms with Gasteiger partial charge in [-0.15, -0.1) is 0 Å². The normalized spacial score (nSPS) is 9.93. The third-order valence-corrected chi connectivity index (χ3v) is 1.71. The highest BCUT2D eigenvalue weighted by Gasteiger charge is 1.97. The molecular formula is C12H17NO. The van der Waals surface area contributed by atoms with E-state index >= 15 is 0 Å². The second-order valence-electron chi connectivity index (χ2n) is 3.50. The molecule has 0 aliphatic rings. The van der Waals surface area contributed by atoms with Crippen LogP contribution in [0, 0.1) is 0 Å². The van der Waals surface area contributed by atoms with Gasteiger partial charge >= 0.3 is 0 Å². The van der Waals surface area contributed by atoms with Gasteiger partial charge < -0.3 is 10.1 Å². The van der Waals surface area contributed by atoms with Crippen LogP contribution in [-0.2, 0) is 11.3 Å². The van der Waals surface area contributed by atoms with Gasteiger partial charge in [-0.05, 0) is 26.0 Å². The first-order chi connectivity index (χ1) is 6.68. The molecule has 1 rings (SSSR count). The summed E-state index contributed by atoms with van der Waals surface area (Å²) >= 11 is 0. The molecule has 2 heteroatoms. The third kappa shape index (κ3) is 3.99. The number of nitrogens with one attached hydrogen (secondary N) is 1. The van der Waals surface area contributed by atoms with Gasteiger partial charge in [0.1, 0.15) is 6.61 Å². The summed E-state index contributed by atoms with van der Waals surface area (Å²) in [5.74, 6) is 0.629. The largest absolute Gasteiger partial charge is 0.475 e. The van der Waals surface area contributed by atoms with Crippen molar-refractivity contribution in [2.45, 2.75) is 26.5 Å². The van der Waals surface area contributed by atoms with Crippen LogP contribution in [0.25, 0.3) is 0 Å². The highest BCUT2D eigenvalue weighted by Crippen LogP contribution is 2.03. The molecule has 0 unspecified atom stereocenters. The minimum Gasteiger partial charge on any atom is -0.475 e. The van der Waals surface area contributed by atoms with E-state index in [1.165, 1.54) is 0 Å². The van der Waals surface area contributed by atoms with Gasteiger partial charge in [-0.2, -0.15) is 0 Å². The van der Waals surface area contributed by atoms with E-state index in [4.69, 9.17) is 4.74 Å². The molecule has 0 atom stereocenters. The van der Waals surface area contributed by atoms with E-state index in [1.54, 1.807) is 0 Å². The molecule has 1 N–H and O–H groups in total. The zero-order valence-electron chi connectivity index (χ0n) is 8.79. The third-order valence-electron chi connectivity index (χ3n) is 1.71. The maximum atomic E-state index is 5.43. The highest BCUT2D eigenvalue weighted by atomic mass is 16.5. The van der Waals surface area contributed by atoms with Crippen molar-refractivity contribution in [2.75, 3.05) is 0 Å². The lowest BCUT2D eigenvalue weighted by atomic mass is 10.2. The summed E-state index contributed by atoms with van der Waals surface area (Å²) in [4.78, 5) is 0. The second-order valence-corrected chi connectivity index (χ2v) is 3.50. The van der Waals surface area contributed by atoms with Crippen molar-refractivity contribution in [3.63, 3.8) is 0 Å². The first-order valence-corrected chi connectivity index (χ1v) is 4.80. The van der Waals surface area contributed by atoms with Gasteiger partial charge in [-0.1, -0.05) is 30.3 Å². The molecule has 0 amide bonds. The zero-order valence-corrected chi connectivity index (χ0v) is 8.79. The summed E-state index contributed by atoms with van der Waals surface area (Å²) in [6.45, 7) is 8.45. The van der Waals surface area contributed by atoms with Crippen molar-refractivity contribution in [1.29, 1.82) is 0 Å². The molecule has 0 aliphatic carbocycles. The molecule has 1 aromatic carbocycles. The summed E-state index contributed by atoms with van der Waals surface area (Å²) < 4.78 is 5.43. The number of hydrogen-bond donors (Lipinski definition) is 1. The summed E-state index contributed by atoms with van der Waals surface area (Å²) in [6.07, 6.45) is 0.